The van der Waals surface area contributed by atoms with Gasteiger partial charge in [0.25, 0.3) is 0 Å². The summed E-state index contributed by atoms with van der Waals surface area (Å²) in [5.41, 5.74) is -0.556. The van der Waals surface area contributed by atoms with E-state index in [1.54, 1.807) is 21.9 Å². The van der Waals surface area contributed by atoms with Crippen molar-refractivity contribution in [3.8, 4) is 5.82 Å². The zero-order chi connectivity index (χ0) is 32.7. The summed E-state index contributed by atoms with van der Waals surface area (Å²) in [6, 6.07) is 9.23. The molecule has 238 valence electrons. The minimum Gasteiger partial charge on any atom is -0.477 e. The van der Waals surface area contributed by atoms with E-state index in [-0.39, 0.29) is 54.5 Å². The molecule has 1 atom stereocenters. The van der Waals surface area contributed by atoms with Crippen molar-refractivity contribution in [3.63, 3.8) is 0 Å². The maximum atomic E-state index is 15.5. The van der Waals surface area contributed by atoms with E-state index in [0.717, 1.165) is 24.5 Å². The third-order valence-electron chi connectivity index (χ3n) is 7.92. The number of benzene rings is 2. The van der Waals surface area contributed by atoms with Crippen molar-refractivity contribution in [3.05, 3.63) is 88.1 Å². The van der Waals surface area contributed by atoms with Gasteiger partial charge < -0.3 is 29.5 Å². The van der Waals surface area contributed by atoms with Crippen molar-refractivity contribution in [2.45, 2.75) is 13.0 Å². The Bertz CT molecular complexity index is 1930. The number of carboxylic acid groups (broad SMARTS) is 1. The summed E-state index contributed by atoms with van der Waals surface area (Å²) in [7, 11) is 0. The minimum atomic E-state index is -1.50. The fourth-order valence-electron chi connectivity index (χ4n) is 5.63. The molecule has 2 aromatic carbocycles. The van der Waals surface area contributed by atoms with Crippen molar-refractivity contribution in [1.82, 2.24) is 14.9 Å². The molecule has 6 rings (SSSR count). The van der Waals surface area contributed by atoms with Crippen molar-refractivity contribution < 1.29 is 37.4 Å². The van der Waals surface area contributed by atoms with Crippen molar-refractivity contribution in [2.75, 3.05) is 54.0 Å². The number of fused-ring (bicyclic) bond motifs is 1. The Kier molecular flexibility index (Phi) is 7.98. The standard InChI is InChI=1S/C31H27F3N6O6/c1-17(41)35-14-20-15-39(31(45)46-20)19-3-4-25(23(33)10-19)37-6-8-38(9-7-37)27-12-26-21(11-24(27)34)29(42)22(30(43)44)16-40(26)28-5-2-18(32)13-36-28/h2-5,10-13,16,20H,6-9,14-15H2,1H3,(H,35,41)(H,43,44)/t20-/m0/s1. The average molecular weight is 637 g/mol. The normalized spacial score (nSPS) is 16.6. The molecule has 15 heteroatoms. The summed E-state index contributed by atoms with van der Waals surface area (Å²) in [4.78, 5) is 57.0. The number of hydrogen-bond acceptors (Lipinski definition) is 8. The van der Waals surface area contributed by atoms with Gasteiger partial charge in [0, 0.05) is 39.3 Å². The molecule has 46 heavy (non-hydrogen) atoms. The van der Waals surface area contributed by atoms with Gasteiger partial charge in [-0.05, 0) is 42.5 Å². The second kappa shape index (κ2) is 12.1. The monoisotopic (exact) mass is 636 g/mol. The summed E-state index contributed by atoms with van der Waals surface area (Å²) in [5, 5.41) is 12.0. The molecule has 12 nitrogen and oxygen atoms in total. The van der Waals surface area contributed by atoms with Crippen LogP contribution in [0.1, 0.15) is 17.3 Å². The average Bonchev–Trinajstić information content (AvgIpc) is 3.41. The molecule has 4 aromatic rings. The number of carboxylic acids is 1. The number of anilines is 3. The first kappa shape index (κ1) is 30.4. The lowest BCUT2D eigenvalue weighted by atomic mass is 10.1. The summed E-state index contributed by atoms with van der Waals surface area (Å²) < 4.78 is 50.9. The van der Waals surface area contributed by atoms with Crippen LogP contribution < -0.4 is 25.4 Å². The number of nitrogens with zero attached hydrogens (tertiary/aromatic N) is 5. The van der Waals surface area contributed by atoms with Gasteiger partial charge in [0.05, 0.1) is 47.3 Å². The highest BCUT2D eigenvalue weighted by Crippen LogP contribution is 2.31. The lowest BCUT2D eigenvalue weighted by Crippen LogP contribution is -2.47. The fourth-order valence-corrected chi connectivity index (χ4v) is 5.63. The first-order chi connectivity index (χ1) is 22.0. The van der Waals surface area contributed by atoms with Crippen molar-refractivity contribution >= 4 is 45.9 Å². The number of cyclic esters (lactones) is 1. The molecule has 0 radical (unpaired) electrons. The summed E-state index contributed by atoms with van der Waals surface area (Å²) in [6.07, 6.45) is 0.804. The van der Waals surface area contributed by atoms with E-state index >= 15 is 8.78 Å². The molecule has 2 fully saturated rings. The van der Waals surface area contributed by atoms with Gasteiger partial charge in [-0.15, -0.1) is 0 Å². The third-order valence-corrected chi connectivity index (χ3v) is 7.92. The number of carbonyl (C=O) groups is 3. The summed E-state index contributed by atoms with van der Waals surface area (Å²) in [5.74, 6) is -3.56. The number of hydrogen-bond donors (Lipinski definition) is 2. The number of pyridine rings is 2. The molecule has 0 spiro atoms. The van der Waals surface area contributed by atoms with E-state index in [1.165, 1.54) is 34.6 Å². The number of rotatable bonds is 7. The van der Waals surface area contributed by atoms with Gasteiger partial charge in [-0.25, -0.2) is 27.7 Å². The van der Waals surface area contributed by atoms with Crippen LogP contribution in [0.4, 0.5) is 35.0 Å². The predicted molar refractivity (Wildman–Crippen MR) is 161 cm³/mol. The largest absolute Gasteiger partial charge is 0.477 e. The van der Waals surface area contributed by atoms with Crippen molar-refractivity contribution in [2.24, 2.45) is 0 Å². The molecule has 2 saturated heterocycles. The molecular formula is C31H27F3N6O6. The number of aromatic nitrogens is 2. The predicted octanol–water partition coefficient (Wildman–Crippen LogP) is 3.29. The van der Waals surface area contributed by atoms with E-state index in [1.807, 2.05) is 0 Å². The van der Waals surface area contributed by atoms with Crippen LogP contribution in [0, 0.1) is 17.5 Å². The Balaban J connectivity index is 1.22. The summed E-state index contributed by atoms with van der Waals surface area (Å²) >= 11 is 0. The lowest BCUT2D eigenvalue weighted by Gasteiger charge is -2.37. The van der Waals surface area contributed by atoms with Gasteiger partial charge in [0.15, 0.2) is 0 Å². The number of carbonyl (C=O) groups excluding carboxylic acids is 2. The first-order valence-electron chi connectivity index (χ1n) is 14.3. The highest BCUT2D eigenvalue weighted by Gasteiger charge is 2.33. The van der Waals surface area contributed by atoms with Crippen LogP contribution >= 0.6 is 0 Å². The van der Waals surface area contributed by atoms with Gasteiger partial charge in [-0.1, -0.05) is 0 Å². The van der Waals surface area contributed by atoms with Crippen LogP contribution in [0.5, 0.6) is 0 Å². The van der Waals surface area contributed by atoms with Gasteiger partial charge in [-0.2, -0.15) is 0 Å². The second-order valence-corrected chi connectivity index (χ2v) is 10.9. The highest BCUT2D eigenvalue weighted by molar-refractivity contribution is 5.94. The number of piperazine rings is 1. The molecule has 2 aromatic heterocycles. The number of nitrogens with one attached hydrogen (secondary N) is 1. The second-order valence-electron chi connectivity index (χ2n) is 10.9. The van der Waals surface area contributed by atoms with Crippen molar-refractivity contribution in [1.29, 1.82) is 0 Å². The van der Waals surface area contributed by atoms with E-state index in [0.29, 0.717) is 24.5 Å². The Morgan fingerprint density at radius 2 is 1.67 bits per heavy atom. The number of halogens is 3. The topological polar surface area (TPSA) is 137 Å². The molecule has 2 N–H and O–H groups in total. The maximum absolute atomic E-state index is 15.5. The molecule has 0 bridgehead atoms. The number of ether oxygens (including phenoxy) is 1. The van der Waals surface area contributed by atoms with E-state index in [2.05, 4.69) is 10.3 Å². The smallest absolute Gasteiger partial charge is 0.414 e. The van der Waals surface area contributed by atoms with Crippen LogP contribution in [-0.4, -0.2) is 78.0 Å². The number of amides is 2. The SMILES string of the molecule is CC(=O)NC[C@H]1CN(c2ccc(N3CCN(c4cc5c(cc4F)c(=O)c(C(=O)O)cn5-c4ccc(F)cn4)CC3)c(F)c2)C(=O)O1. The van der Waals surface area contributed by atoms with Gasteiger partial charge >= 0.3 is 12.1 Å². The van der Waals surface area contributed by atoms with Crippen LogP contribution in [0.2, 0.25) is 0 Å². The lowest BCUT2D eigenvalue weighted by molar-refractivity contribution is -0.119. The minimum absolute atomic E-state index is 0.126. The van der Waals surface area contributed by atoms with E-state index in [9.17, 15) is 28.7 Å². The number of aromatic carboxylic acids is 1. The Morgan fingerprint density at radius 1 is 0.978 bits per heavy atom. The molecule has 0 aliphatic carbocycles. The highest BCUT2D eigenvalue weighted by atomic mass is 19.1. The summed E-state index contributed by atoms with van der Waals surface area (Å²) in [6.45, 7) is 2.82. The third kappa shape index (κ3) is 5.78. The molecule has 0 unspecified atom stereocenters. The van der Waals surface area contributed by atoms with Crippen LogP contribution in [0.25, 0.3) is 16.7 Å². The maximum Gasteiger partial charge on any atom is 0.414 e. The van der Waals surface area contributed by atoms with E-state index in [4.69, 9.17) is 4.74 Å². The van der Waals surface area contributed by atoms with Gasteiger partial charge in [0.2, 0.25) is 11.3 Å². The molecule has 2 amide bonds. The van der Waals surface area contributed by atoms with Crippen LogP contribution in [0.3, 0.4) is 0 Å². The van der Waals surface area contributed by atoms with E-state index < -0.39 is 46.6 Å². The Hall–Kier alpha value is -5.60. The van der Waals surface area contributed by atoms with Crippen LogP contribution in [-0.2, 0) is 9.53 Å². The van der Waals surface area contributed by atoms with Gasteiger partial charge in [0.1, 0.15) is 34.9 Å². The Morgan fingerprint density at radius 3 is 2.30 bits per heavy atom. The molecule has 2 aliphatic rings. The van der Waals surface area contributed by atoms with Gasteiger partial charge in [-0.3, -0.25) is 14.5 Å². The quantitative estimate of drug-likeness (QED) is 0.313. The zero-order valence-corrected chi connectivity index (χ0v) is 24.4. The van der Waals surface area contributed by atoms with Crippen LogP contribution in [0.15, 0.2) is 59.7 Å². The molecule has 2 aliphatic heterocycles. The molecular weight excluding hydrogens is 609 g/mol. The molecule has 0 saturated carbocycles. The Labute approximate surface area is 259 Å². The zero-order valence-electron chi connectivity index (χ0n) is 24.4. The first-order valence-corrected chi connectivity index (χ1v) is 14.3. The molecule has 4 heterocycles. The fraction of sp³-hybridized carbons (Fsp3) is 0.258.